The molecule has 0 unspecified atom stereocenters. The van der Waals surface area contributed by atoms with Gasteiger partial charge in [-0.15, -0.1) is 0 Å². The number of fused-ring (bicyclic) bond motifs is 1. The molecule has 0 saturated carbocycles. The Bertz CT molecular complexity index is 498. The van der Waals surface area contributed by atoms with Crippen molar-refractivity contribution < 1.29 is 0 Å². The Labute approximate surface area is 83.4 Å². The van der Waals surface area contributed by atoms with Crippen LogP contribution >= 0.6 is 0 Å². The number of para-hydroxylation sites is 1. The van der Waals surface area contributed by atoms with Crippen molar-refractivity contribution in [2.45, 2.75) is 0 Å². The SMILES string of the molecule is C=Cc1cnc2ccccc2c1C=C. The minimum atomic E-state index is 0.994. The number of hydrogen-bond donors (Lipinski definition) is 0. The van der Waals surface area contributed by atoms with Gasteiger partial charge in [-0.1, -0.05) is 43.5 Å². The van der Waals surface area contributed by atoms with Crippen molar-refractivity contribution in [1.29, 1.82) is 0 Å². The van der Waals surface area contributed by atoms with Crippen LogP contribution in [0.5, 0.6) is 0 Å². The smallest absolute Gasteiger partial charge is 0.0708 e. The Balaban J connectivity index is 2.90. The number of rotatable bonds is 2. The molecule has 0 amide bonds. The summed E-state index contributed by atoms with van der Waals surface area (Å²) in [6.07, 6.45) is 5.48. The van der Waals surface area contributed by atoms with Gasteiger partial charge in [0.2, 0.25) is 0 Å². The molecular weight excluding hydrogens is 170 g/mol. The minimum Gasteiger partial charge on any atom is -0.256 e. The van der Waals surface area contributed by atoms with Crippen molar-refractivity contribution in [3.63, 3.8) is 0 Å². The van der Waals surface area contributed by atoms with Crippen LogP contribution in [0.2, 0.25) is 0 Å². The maximum atomic E-state index is 4.34. The van der Waals surface area contributed by atoms with Crippen LogP contribution in [-0.4, -0.2) is 4.98 Å². The fourth-order valence-corrected chi connectivity index (χ4v) is 1.57. The number of pyridine rings is 1. The van der Waals surface area contributed by atoms with Gasteiger partial charge in [0.25, 0.3) is 0 Å². The van der Waals surface area contributed by atoms with E-state index in [0.717, 1.165) is 22.0 Å². The number of nitrogens with zero attached hydrogens (tertiary/aromatic N) is 1. The van der Waals surface area contributed by atoms with E-state index in [1.54, 1.807) is 6.08 Å². The van der Waals surface area contributed by atoms with E-state index >= 15 is 0 Å². The Kier molecular flexibility index (Phi) is 2.15. The highest BCUT2D eigenvalue weighted by atomic mass is 14.6. The lowest BCUT2D eigenvalue weighted by Crippen LogP contribution is -1.86. The summed E-state index contributed by atoms with van der Waals surface area (Å²) in [5, 5.41) is 1.12. The summed E-state index contributed by atoms with van der Waals surface area (Å²) in [5.74, 6) is 0. The van der Waals surface area contributed by atoms with E-state index in [1.807, 2.05) is 36.5 Å². The third kappa shape index (κ3) is 1.23. The van der Waals surface area contributed by atoms with Gasteiger partial charge in [0, 0.05) is 17.1 Å². The molecule has 0 radical (unpaired) electrons. The zero-order valence-corrected chi connectivity index (χ0v) is 7.90. The lowest BCUT2D eigenvalue weighted by atomic mass is 10.0. The molecule has 0 atom stereocenters. The molecule has 0 bridgehead atoms. The summed E-state index contributed by atoms with van der Waals surface area (Å²) in [6, 6.07) is 8.03. The number of hydrogen-bond acceptors (Lipinski definition) is 1. The fraction of sp³-hybridized carbons (Fsp3) is 0. The monoisotopic (exact) mass is 181 g/mol. The van der Waals surface area contributed by atoms with E-state index in [1.165, 1.54) is 0 Å². The maximum Gasteiger partial charge on any atom is 0.0708 e. The average molecular weight is 181 g/mol. The summed E-state index contributed by atoms with van der Waals surface area (Å²) >= 11 is 0. The first-order valence-corrected chi connectivity index (χ1v) is 4.49. The van der Waals surface area contributed by atoms with Crippen LogP contribution in [0.3, 0.4) is 0 Å². The van der Waals surface area contributed by atoms with E-state index < -0.39 is 0 Å². The van der Waals surface area contributed by atoms with Crippen molar-refractivity contribution in [3.8, 4) is 0 Å². The summed E-state index contributed by atoms with van der Waals surface area (Å²) in [7, 11) is 0. The summed E-state index contributed by atoms with van der Waals surface area (Å²) in [5.41, 5.74) is 3.12. The Morgan fingerprint density at radius 1 is 1.07 bits per heavy atom. The van der Waals surface area contributed by atoms with Crippen molar-refractivity contribution in [2.24, 2.45) is 0 Å². The van der Waals surface area contributed by atoms with Crippen LogP contribution in [-0.2, 0) is 0 Å². The Hall–Kier alpha value is -1.89. The Morgan fingerprint density at radius 3 is 2.57 bits per heavy atom. The highest BCUT2D eigenvalue weighted by Gasteiger charge is 2.01. The molecule has 2 aromatic rings. The van der Waals surface area contributed by atoms with E-state index in [0.29, 0.717) is 0 Å². The third-order valence-electron chi connectivity index (χ3n) is 2.27. The Morgan fingerprint density at radius 2 is 1.86 bits per heavy atom. The summed E-state index contributed by atoms with van der Waals surface area (Å²) < 4.78 is 0. The van der Waals surface area contributed by atoms with Crippen molar-refractivity contribution in [2.75, 3.05) is 0 Å². The van der Waals surface area contributed by atoms with E-state index in [4.69, 9.17) is 0 Å². The van der Waals surface area contributed by atoms with Crippen LogP contribution in [0, 0.1) is 0 Å². The van der Waals surface area contributed by atoms with Gasteiger partial charge in [0.15, 0.2) is 0 Å². The van der Waals surface area contributed by atoms with Crippen LogP contribution < -0.4 is 0 Å². The molecule has 1 aromatic carbocycles. The lowest BCUT2D eigenvalue weighted by molar-refractivity contribution is 1.39. The minimum absolute atomic E-state index is 0.994. The van der Waals surface area contributed by atoms with Gasteiger partial charge in [-0.25, -0.2) is 0 Å². The van der Waals surface area contributed by atoms with Crippen LogP contribution in [0.4, 0.5) is 0 Å². The van der Waals surface area contributed by atoms with Gasteiger partial charge in [0.05, 0.1) is 5.52 Å². The molecule has 0 fully saturated rings. The zero-order valence-electron chi connectivity index (χ0n) is 7.90. The molecular formula is C13H11N. The number of benzene rings is 1. The molecule has 0 N–H and O–H groups in total. The highest BCUT2D eigenvalue weighted by molar-refractivity contribution is 5.90. The average Bonchev–Trinajstić information content (AvgIpc) is 2.27. The molecule has 0 saturated heterocycles. The second-order valence-electron chi connectivity index (χ2n) is 3.05. The first-order valence-electron chi connectivity index (χ1n) is 4.49. The largest absolute Gasteiger partial charge is 0.256 e. The lowest BCUT2D eigenvalue weighted by Gasteiger charge is -2.04. The first-order chi connectivity index (χ1) is 6.86. The number of aromatic nitrogens is 1. The molecule has 1 heteroatoms. The molecule has 14 heavy (non-hydrogen) atoms. The topological polar surface area (TPSA) is 12.9 Å². The second-order valence-corrected chi connectivity index (χ2v) is 3.05. The maximum absolute atomic E-state index is 4.34. The van der Waals surface area contributed by atoms with Gasteiger partial charge in [0.1, 0.15) is 0 Å². The molecule has 0 aliphatic heterocycles. The highest BCUT2D eigenvalue weighted by Crippen LogP contribution is 2.21. The van der Waals surface area contributed by atoms with Crippen LogP contribution in [0.15, 0.2) is 43.6 Å². The predicted octanol–water partition coefficient (Wildman–Crippen LogP) is 3.52. The van der Waals surface area contributed by atoms with E-state index in [-0.39, 0.29) is 0 Å². The molecule has 0 aliphatic rings. The predicted molar refractivity (Wildman–Crippen MR) is 61.9 cm³/mol. The third-order valence-corrected chi connectivity index (χ3v) is 2.27. The molecule has 1 nitrogen and oxygen atoms in total. The molecule has 1 aromatic heterocycles. The van der Waals surface area contributed by atoms with Gasteiger partial charge < -0.3 is 0 Å². The fourth-order valence-electron chi connectivity index (χ4n) is 1.57. The van der Waals surface area contributed by atoms with Gasteiger partial charge in [-0.05, 0) is 11.6 Å². The molecule has 0 aliphatic carbocycles. The van der Waals surface area contributed by atoms with Gasteiger partial charge >= 0.3 is 0 Å². The molecule has 2 rings (SSSR count). The van der Waals surface area contributed by atoms with Crippen molar-refractivity contribution in [1.82, 2.24) is 4.98 Å². The molecule has 0 spiro atoms. The van der Waals surface area contributed by atoms with Crippen molar-refractivity contribution in [3.05, 3.63) is 54.7 Å². The second kappa shape index (κ2) is 3.46. The summed E-state index contributed by atoms with van der Waals surface area (Å²) in [4.78, 5) is 4.34. The standard InChI is InChI=1S/C13H11N/c1-3-10-9-14-13-8-6-5-7-12(13)11(10)4-2/h3-9H,1-2H2. The van der Waals surface area contributed by atoms with E-state index in [2.05, 4.69) is 18.1 Å². The van der Waals surface area contributed by atoms with Crippen molar-refractivity contribution >= 4 is 23.1 Å². The van der Waals surface area contributed by atoms with Gasteiger partial charge in [-0.2, -0.15) is 0 Å². The first kappa shape index (κ1) is 8.70. The van der Waals surface area contributed by atoms with Gasteiger partial charge in [-0.3, -0.25) is 4.98 Å². The van der Waals surface area contributed by atoms with Crippen LogP contribution in [0.1, 0.15) is 11.1 Å². The molecule has 1 heterocycles. The normalized spacial score (nSPS) is 10.0. The zero-order chi connectivity index (χ0) is 9.97. The van der Waals surface area contributed by atoms with Crippen LogP contribution in [0.25, 0.3) is 23.1 Å². The summed E-state index contributed by atoms with van der Waals surface area (Å²) in [6.45, 7) is 7.57. The quantitative estimate of drug-likeness (QED) is 0.690. The van der Waals surface area contributed by atoms with E-state index in [9.17, 15) is 0 Å². The molecule has 68 valence electrons.